The van der Waals surface area contributed by atoms with Crippen molar-refractivity contribution in [3.05, 3.63) is 52.2 Å². The standard InChI is InChI=1S/C16H10INO3/c17-12-3-1-2-4-13(12)21-16-11-8-15-14(19-9-20-15)7-10(11)5-6-18-16/h1-8H,9H2. The Hall–Kier alpha value is -2.02. The van der Waals surface area contributed by atoms with Crippen LogP contribution in [0.25, 0.3) is 10.8 Å². The fraction of sp³-hybridized carbons (Fsp3) is 0.0625. The maximum atomic E-state index is 5.97. The van der Waals surface area contributed by atoms with E-state index in [2.05, 4.69) is 27.6 Å². The van der Waals surface area contributed by atoms with E-state index in [9.17, 15) is 0 Å². The lowest BCUT2D eigenvalue weighted by molar-refractivity contribution is 0.174. The molecule has 0 bridgehead atoms. The molecule has 0 aliphatic carbocycles. The minimum atomic E-state index is 0.256. The van der Waals surface area contributed by atoms with Gasteiger partial charge in [0, 0.05) is 11.6 Å². The van der Waals surface area contributed by atoms with E-state index >= 15 is 0 Å². The van der Waals surface area contributed by atoms with Gasteiger partial charge >= 0.3 is 0 Å². The number of benzene rings is 2. The first-order chi connectivity index (χ1) is 10.3. The van der Waals surface area contributed by atoms with Crippen LogP contribution < -0.4 is 14.2 Å². The smallest absolute Gasteiger partial charge is 0.231 e. The van der Waals surface area contributed by atoms with Gasteiger partial charge in [0.15, 0.2) is 11.5 Å². The zero-order valence-electron chi connectivity index (χ0n) is 10.9. The third-order valence-corrected chi connectivity index (χ3v) is 4.16. The van der Waals surface area contributed by atoms with Crippen molar-refractivity contribution < 1.29 is 14.2 Å². The molecular formula is C16H10INO3. The van der Waals surface area contributed by atoms with Gasteiger partial charge in [0.05, 0.1) is 3.57 Å². The van der Waals surface area contributed by atoms with E-state index in [0.717, 1.165) is 31.6 Å². The van der Waals surface area contributed by atoms with Gasteiger partial charge in [-0.15, -0.1) is 0 Å². The Morgan fingerprint density at radius 3 is 2.71 bits per heavy atom. The van der Waals surface area contributed by atoms with E-state index in [1.165, 1.54) is 0 Å². The van der Waals surface area contributed by atoms with Crippen molar-refractivity contribution in [2.75, 3.05) is 6.79 Å². The second-order valence-electron chi connectivity index (χ2n) is 4.58. The van der Waals surface area contributed by atoms with Gasteiger partial charge in [0.1, 0.15) is 5.75 Å². The van der Waals surface area contributed by atoms with E-state index in [1.54, 1.807) is 6.20 Å². The summed E-state index contributed by atoms with van der Waals surface area (Å²) in [5.74, 6) is 2.84. The molecule has 0 fully saturated rings. The second-order valence-corrected chi connectivity index (χ2v) is 5.74. The van der Waals surface area contributed by atoms with Crippen molar-refractivity contribution >= 4 is 33.4 Å². The average Bonchev–Trinajstić information content (AvgIpc) is 2.95. The number of para-hydroxylation sites is 1. The van der Waals surface area contributed by atoms with E-state index in [4.69, 9.17) is 14.2 Å². The molecule has 4 rings (SSSR count). The van der Waals surface area contributed by atoms with E-state index < -0.39 is 0 Å². The highest BCUT2D eigenvalue weighted by Gasteiger charge is 2.17. The van der Waals surface area contributed by atoms with Crippen molar-refractivity contribution in [3.63, 3.8) is 0 Å². The number of halogens is 1. The van der Waals surface area contributed by atoms with Gasteiger partial charge in [-0.25, -0.2) is 4.98 Å². The number of ether oxygens (including phenoxy) is 3. The monoisotopic (exact) mass is 391 g/mol. The molecule has 0 unspecified atom stereocenters. The third kappa shape index (κ3) is 2.27. The molecule has 5 heteroatoms. The average molecular weight is 391 g/mol. The zero-order chi connectivity index (χ0) is 14.2. The second kappa shape index (κ2) is 5.07. The fourth-order valence-corrected chi connectivity index (χ4v) is 2.75. The van der Waals surface area contributed by atoms with Crippen LogP contribution in [0.15, 0.2) is 48.7 Å². The maximum absolute atomic E-state index is 5.97. The van der Waals surface area contributed by atoms with Gasteiger partial charge in [-0.3, -0.25) is 0 Å². The molecule has 104 valence electrons. The van der Waals surface area contributed by atoms with Gasteiger partial charge < -0.3 is 14.2 Å². The van der Waals surface area contributed by atoms with Crippen LogP contribution in [0.4, 0.5) is 0 Å². The number of pyridine rings is 1. The van der Waals surface area contributed by atoms with Gasteiger partial charge in [0.2, 0.25) is 12.7 Å². The SMILES string of the molecule is Ic1ccccc1Oc1nccc2cc3c(cc12)OCO3. The number of hydrogen-bond acceptors (Lipinski definition) is 4. The summed E-state index contributed by atoms with van der Waals surface area (Å²) in [6, 6.07) is 13.6. The van der Waals surface area contributed by atoms with E-state index in [-0.39, 0.29) is 6.79 Å². The first kappa shape index (κ1) is 12.7. The van der Waals surface area contributed by atoms with Crippen LogP contribution >= 0.6 is 22.6 Å². The lowest BCUT2D eigenvalue weighted by atomic mass is 10.1. The minimum Gasteiger partial charge on any atom is -0.454 e. The predicted molar refractivity (Wildman–Crippen MR) is 87.1 cm³/mol. The Balaban J connectivity index is 1.84. The first-order valence-electron chi connectivity index (χ1n) is 6.42. The normalized spacial score (nSPS) is 12.6. The summed E-state index contributed by atoms with van der Waals surface area (Å²) in [6.07, 6.45) is 1.73. The summed E-state index contributed by atoms with van der Waals surface area (Å²) in [5.41, 5.74) is 0. The Bertz CT molecular complexity index is 835. The Labute approximate surface area is 134 Å². The topological polar surface area (TPSA) is 40.6 Å². The fourth-order valence-electron chi connectivity index (χ4n) is 2.25. The molecule has 0 amide bonds. The number of fused-ring (bicyclic) bond motifs is 2. The number of nitrogens with zero attached hydrogens (tertiary/aromatic N) is 1. The molecule has 2 heterocycles. The molecule has 0 saturated carbocycles. The largest absolute Gasteiger partial charge is 0.454 e. The van der Waals surface area contributed by atoms with Gasteiger partial charge in [-0.05, 0) is 58.3 Å². The van der Waals surface area contributed by atoms with Crippen LogP contribution in [-0.2, 0) is 0 Å². The van der Waals surface area contributed by atoms with Crippen LogP contribution in [0.1, 0.15) is 0 Å². The van der Waals surface area contributed by atoms with Crippen LogP contribution in [-0.4, -0.2) is 11.8 Å². The van der Waals surface area contributed by atoms with Gasteiger partial charge in [0.25, 0.3) is 0 Å². The maximum Gasteiger partial charge on any atom is 0.231 e. The molecule has 1 aliphatic heterocycles. The first-order valence-corrected chi connectivity index (χ1v) is 7.50. The molecule has 0 radical (unpaired) electrons. The molecule has 3 aromatic rings. The zero-order valence-corrected chi connectivity index (χ0v) is 13.0. The van der Waals surface area contributed by atoms with Crippen LogP contribution in [0.5, 0.6) is 23.1 Å². The van der Waals surface area contributed by atoms with Crippen LogP contribution in [0.2, 0.25) is 0 Å². The third-order valence-electron chi connectivity index (χ3n) is 3.26. The minimum absolute atomic E-state index is 0.256. The highest BCUT2D eigenvalue weighted by molar-refractivity contribution is 14.1. The Morgan fingerprint density at radius 1 is 1.05 bits per heavy atom. The summed E-state index contributed by atoms with van der Waals surface area (Å²) in [4.78, 5) is 4.35. The van der Waals surface area contributed by atoms with Crippen molar-refractivity contribution in [2.45, 2.75) is 0 Å². The molecule has 0 saturated heterocycles. The van der Waals surface area contributed by atoms with Crippen molar-refractivity contribution in [3.8, 4) is 23.1 Å². The Morgan fingerprint density at radius 2 is 1.86 bits per heavy atom. The quantitative estimate of drug-likeness (QED) is 0.609. The number of hydrogen-bond donors (Lipinski definition) is 0. The van der Waals surface area contributed by atoms with Crippen LogP contribution in [0, 0.1) is 3.57 Å². The van der Waals surface area contributed by atoms with E-state index in [0.29, 0.717) is 5.88 Å². The van der Waals surface area contributed by atoms with Crippen LogP contribution in [0.3, 0.4) is 0 Å². The van der Waals surface area contributed by atoms with Gasteiger partial charge in [-0.1, -0.05) is 12.1 Å². The number of aromatic nitrogens is 1. The van der Waals surface area contributed by atoms with Crippen molar-refractivity contribution in [2.24, 2.45) is 0 Å². The van der Waals surface area contributed by atoms with Crippen molar-refractivity contribution in [1.29, 1.82) is 0 Å². The molecule has 0 spiro atoms. The molecule has 4 nitrogen and oxygen atoms in total. The molecule has 1 aromatic heterocycles. The molecule has 1 aliphatic rings. The summed E-state index contributed by atoms with van der Waals surface area (Å²) in [7, 11) is 0. The highest BCUT2D eigenvalue weighted by Crippen LogP contribution is 2.39. The van der Waals surface area contributed by atoms with Crippen molar-refractivity contribution in [1.82, 2.24) is 4.98 Å². The van der Waals surface area contributed by atoms with Gasteiger partial charge in [-0.2, -0.15) is 0 Å². The number of rotatable bonds is 2. The Kier molecular flexibility index (Phi) is 3.07. The summed E-state index contributed by atoms with van der Waals surface area (Å²) < 4.78 is 17.8. The molecule has 21 heavy (non-hydrogen) atoms. The predicted octanol–water partition coefficient (Wildman–Crippen LogP) is 4.36. The highest BCUT2D eigenvalue weighted by atomic mass is 127. The lowest BCUT2D eigenvalue weighted by Crippen LogP contribution is -1.92. The molecule has 2 aromatic carbocycles. The molecular weight excluding hydrogens is 381 g/mol. The summed E-state index contributed by atoms with van der Waals surface area (Å²) in [6.45, 7) is 0.256. The molecule has 0 atom stereocenters. The molecule has 0 N–H and O–H groups in total. The summed E-state index contributed by atoms with van der Waals surface area (Å²) >= 11 is 2.24. The summed E-state index contributed by atoms with van der Waals surface area (Å²) in [5, 5.41) is 1.91. The lowest BCUT2D eigenvalue weighted by Gasteiger charge is -2.09. The van der Waals surface area contributed by atoms with E-state index in [1.807, 2.05) is 42.5 Å².